The fraction of sp³-hybridized carbons (Fsp3) is 0.385. The maximum atomic E-state index is 3.75. The van der Waals surface area contributed by atoms with Gasteiger partial charge in [0, 0.05) is 22.9 Å². The van der Waals surface area contributed by atoms with E-state index in [0.29, 0.717) is 0 Å². The van der Waals surface area contributed by atoms with E-state index in [1.165, 1.54) is 22.8 Å². The first-order valence-electron chi connectivity index (χ1n) is 5.44. The van der Waals surface area contributed by atoms with E-state index in [1.807, 2.05) is 29.6 Å². The second-order valence-corrected chi connectivity index (χ2v) is 5.42. The van der Waals surface area contributed by atoms with Crippen molar-refractivity contribution in [3.63, 3.8) is 0 Å². The van der Waals surface area contributed by atoms with Gasteiger partial charge in [-0.05, 0) is 30.6 Å². The lowest BCUT2D eigenvalue weighted by Crippen LogP contribution is -2.03. The molecule has 88 valence electrons. The Bertz CT molecular complexity index is 313. The van der Waals surface area contributed by atoms with E-state index in [9.17, 15) is 0 Å². The van der Waals surface area contributed by atoms with Crippen molar-refractivity contribution in [2.24, 2.45) is 0 Å². The zero-order chi connectivity index (χ0) is 11.6. The minimum Gasteiger partial charge on any atom is -0.384 e. The first-order chi connectivity index (χ1) is 7.88. The van der Waals surface area contributed by atoms with Crippen LogP contribution in [-0.4, -0.2) is 24.3 Å². The summed E-state index contributed by atoms with van der Waals surface area (Å²) in [6, 6.07) is 8.46. The standard InChI is InChI=1S/C13H19NS2/c1-3-10-16-13-8-5-4-7-12(13)14-9-6-11-15-2/h3-5,7-8,14H,1,6,9-11H2,2H3. The third kappa shape index (κ3) is 4.99. The summed E-state index contributed by atoms with van der Waals surface area (Å²) in [5, 5.41) is 3.49. The number of benzene rings is 1. The first-order valence-corrected chi connectivity index (χ1v) is 7.82. The number of thioether (sulfide) groups is 2. The highest BCUT2D eigenvalue weighted by Gasteiger charge is 2.00. The van der Waals surface area contributed by atoms with Crippen LogP contribution < -0.4 is 5.32 Å². The van der Waals surface area contributed by atoms with Gasteiger partial charge in [0.25, 0.3) is 0 Å². The van der Waals surface area contributed by atoms with Crippen LogP contribution in [0.3, 0.4) is 0 Å². The highest BCUT2D eigenvalue weighted by Crippen LogP contribution is 2.26. The lowest BCUT2D eigenvalue weighted by atomic mass is 10.3. The molecule has 0 saturated heterocycles. The molecule has 0 atom stereocenters. The van der Waals surface area contributed by atoms with Gasteiger partial charge in [-0.3, -0.25) is 0 Å². The molecule has 0 aliphatic heterocycles. The molecule has 0 bridgehead atoms. The van der Waals surface area contributed by atoms with Crippen LogP contribution in [0.4, 0.5) is 5.69 Å². The number of hydrogen-bond donors (Lipinski definition) is 1. The Morgan fingerprint density at radius 3 is 2.94 bits per heavy atom. The monoisotopic (exact) mass is 253 g/mol. The van der Waals surface area contributed by atoms with E-state index in [0.717, 1.165) is 12.3 Å². The fourth-order valence-corrected chi connectivity index (χ4v) is 2.53. The Morgan fingerprint density at radius 1 is 1.38 bits per heavy atom. The van der Waals surface area contributed by atoms with Crippen LogP contribution in [-0.2, 0) is 0 Å². The summed E-state index contributed by atoms with van der Waals surface area (Å²) in [6.45, 7) is 4.80. The van der Waals surface area contributed by atoms with Crippen molar-refractivity contribution in [1.82, 2.24) is 0 Å². The zero-order valence-electron chi connectivity index (χ0n) is 9.74. The van der Waals surface area contributed by atoms with E-state index in [-0.39, 0.29) is 0 Å². The van der Waals surface area contributed by atoms with E-state index in [4.69, 9.17) is 0 Å². The second-order valence-electron chi connectivity index (χ2n) is 3.37. The minimum atomic E-state index is 0.962. The molecule has 1 nitrogen and oxygen atoms in total. The number of nitrogens with one attached hydrogen (secondary N) is 1. The lowest BCUT2D eigenvalue weighted by molar-refractivity contribution is 0.988. The average Bonchev–Trinajstić information content (AvgIpc) is 2.33. The quantitative estimate of drug-likeness (QED) is 0.425. The van der Waals surface area contributed by atoms with Gasteiger partial charge in [-0.1, -0.05) is 18.2 Å². The molecule has 0 saturated carbocycles. The topological polar surface area (TPSA) is 12.0 Å². The molecule has 1 N–H and O–H groups in total. The van der Waals surface area contributed by atoms with E-state index >= 15 is 0 Å². The summed E-state index contributed by atoms with van der Waals surface area (Å²) in [4.78, 5) is 1.31. The Labute approximate surface area is 107 Å². The summed E-state index contributed by atoms with van der Waals surface area (Å²) in [5.74, 6) is 2.18. The lowest BCUT2D eigenvalue weighted by Gasteiger charge is -2.10. The van der Waals surface area contributed by atoms with Crippen molar-refractivity contribution >= 4 is 29.2 Å². The molecule has 16 heavy (non-hydrogen) atoms. The molecule has 0 amide bonds. The Kier molecular flexibility index (Phi) is 7.26. The summed E-state index contributed by atoms with van der Waals surface area (Å²) >= 11 is 3.72. The predicted molar refractivity (Wildman–Crippen MR) is 78.9 cm³/mol. The Hall–Kier alpha value is -0.540. The fourth-order valence-electron chi connectivity index (χ4n) is 1.33. The molecule has 0 spiro atoms. The average molecular weight is 253 g/mol. The van der Waals surface area contributed by atoms with Gasteiger partial charge in [0.15, 0.2) is 0 Å². The van der Waals surface area contributed by atoms with Crippen LogP contribution in [0.2, 0.25) is 0 Å². The van der Waals surface area contributed by atoms with Crippen LogP contribution in [0.5, 0.6) is 0 Å². The third-order valence-corrected chi connectivity index (χ3v) is 3.85. The number of para-hydroxylation sites is 1. The molecule has 0 aromatic heterocycles. The van der Waals surface area contributed by atoms with Crippen molar-refractivity contribution in [1.29, 1.82) is 0 Å². The molecule has 0 radical (unpaired) electrons. The summed E-state index contributed by atoms with van der Waals surface area (Å²) in [5.41, 5.74) is 1.25. The summed E-state index contributed by atoms with van der Waals surface area (Å²) in [6.07, 6.45) is 5.30. The minimum absolute atomic E-state index is 0.962. The highest BCUT2D eigenvalue weighted by molar-refractivity contribution is 7.99. The predicted octanol–water partition coefficient (Wildman–Crippen LogP) is 4.13. The van der Waals surface area contributed by atoms with Crippen molar-refractivity contribution in [3.05, 3.63) is 36.9 Å². The van der Waals surface area contributed by atoms with Gasteiger partial charge < -0.3 is 5.32 Å². The van der Waals surface area contributed by atoms with Gasteiger partial charge in [0.1, 0.15) is 0 Å². The van der Waals surface area contributed by atoms with Crippen LogP contribution >= 0.6 is 23.5 Å². The molecule has 0 heterocycles. The first kappa shape index (κ1) is 13.5. The second kappa shape index (κ2) is 8.59. The molecule has 1 aromatic rings. The van der Waals surface area contributed by atoms with Crippen molar-refractivity contribution in [2.45, 2.75) is 11.3 Å². The Balaban J connectivity index is 2.46. The smallest absolute Gasteiger partial charge is 0.0478 e. The highest BCUT2D eigenvalue weighted by atomic mass is 32.2. The maximum Gasteiger partial charge on any atom is 0.0478 e. The van der Waals surface area contributed by atoms with Gasteiger partial charge in [-0.25, -0.2) is 0 Å². The SMILES string of the molecule is C=CCSc1ccccc1NCCCSC. The van der Waals surface area contributed by atoms with Gasteiger partial charge in [0.2, 0.25) is 0 Å². The molecular weight excluding hydrogens is 234 g/mol. The van der Waals surface area contributed by atoms with Gasteiger partial charge in [-0.2, -0.15) is 11.8 Å². The van der Waals surface area contributed by atoms with Crippen molar-refractivity contribution in [2.75, 3.05) is 29.6 Å². The third-order valence-electron chi connectivity index (χ3n) is 2.08. The molecule has 1 rings (SSSR count). The van der Waals surface area contributed by atoms with Gasteiger partial charge in [-0.15, -0.1) is 18.3 Å². The number of rotatable bonds is 8. The van der Waals surface area contributed by atoms with Crippen LogP contribution in [0.1, 0.15) is 6.42 Å². The van der Waals surface area contributed by atoms with Crippen LogP contribution in [0, 0.1) is 0 Å². The molecule has 0 fully saturated rings. The maximum absolute atomic E-state index is 3.75. The van der Waals surface area contributed by atoms with Gasteiger partial charge in [0.05, 0.1) is 0 Å². The normalized spacial score (nSPS) is 10.1. The summed E-state index contributed by atoms with van der Waals surface area (Å²) < 4.78 is 0. The van der Waals surface area contributed by atoms with Crippen LogP contribution in [0.25, 0.3) is 0 Å². The molecule has 0 aliphatic carbocycles. The summed E-state index contributed by atoms with van der Waals surface area (Å²) in [7, 11) is 0. The number of anilines is 1. The molecule has 1 aromatic carbocycles. The molecule has 3 heteroatoms. The van der Waals surface area contributed by atoms with Gasteiger partial charge >= 0.3 is 0 Å². The van der Waals surface area contributed by atoms with E-state index in [2.05, 4.69) is 42.4 Å². The molecule has 0 unspecified atom stereocenters. The number of hydrogen-bond acceptors (Lipinski definition) is 3. The Morgan fingerprint density at radius 2 is 2.19 bits per heavy atom. The van der Waals surface area contributed by atoms with Crippen LogP contribution in [0.15, 0.2) is 41.8 Å². The van der Waals surface area contributed by atoms with Crippen molar-refractivity contribution < 1.29 is 0 Å². The van der Waals surface area contributed by atoms with E-state index in [1.54, 1.807) is 0 Å². The molecule has 0 aliphatic rings. The van der Waals surface area contributed by atoms with E-state index < -0.39 is 0 Å². The largest absolute Gasteiger partial charge is 0.384 e. The molecular formula is C13H19NS2. The van der Waals surface area contributed by atoms with Crippen molar-refractivity contribution in [3.8, 4) is 0 Å². The zero-order valence-corrected chi connectivity index (χ0v) is 11.4.